The first-order valence-corrected chi connectivity index (χ1v) is 8.93. The Morgan fingerprint density at radius 3 is 2.82 bits per heavy atom. The van der Waals surface area contributed by atoms with Gasteiger partial charge in [-0.05, 0) is 31.0 Å². The lowest BCUT2D eigenvalue weighted by molar-refractivity contribution is -0.141. The van der Waals surface area contributed by atoms with Crippen molar-refractivity contribution < 1.29 is 17.9 Å². The monoisotopic (exact) mass is 387 g/mol. The van der Waals surface area contributed by atoms with Crippen LogP contribution in [0.1, 0.15) is 18.5 Å². The van der Waals surface area contributed by atoms with Crippen LogP contribution in [-0.4, -0.2) is 29.2 Å². The first kappa shape index (κ1) is 18.5. The summed E-state index contributed by atoms with van der Waals surface area (Å²) in [6.45, 7) is 1.03. The van der Waals surface area contributed by atoms with Crippen LogP contribution < -0.4 is 11.1 Å². The summed E-state index contributed by atoms with van der Waals surface area (Å²) in [5, 5.41) is 3.80. The van der Waals surface area contributed by atoms with Gasteiger partial charge in [0.2, 0.25) is 0 Å². The van der Waals surface area contributed by atoms with Crippen molar-refractivity contribution in [2.45, 2.75) is 25.1 Å². The number of aromatic nitrogens is 2. The maximum absolute atomic E-state index is 13.2. The van der Waals surface area contributed by atoms with Crippen molar-refractivity contribution >= 4 is 22.5 Å². The Labute approximate surface area is 159 Å². The number of para-hydroxylation sites is 1. The molecule has 3 heterocycles. The molecule has 1 atom stereocenters. The van der Waals surface area contributed by atoms with E-state index in [0.29, 0.717) is 29.8 Å². The molecule has 0 aliphatic carbocycles. The zero-order chi connectivity index (χ0) is 19.7. The molecule has 3 aromatic rings. The van der Waals surface area contributed by atoms with Gasteiger partial charge in [0.1, 0.15) is 17.3 Å². The predicted octanol–water partition coefficient (Wildman–Crippen LogP) is 4.29. The summed E-state index contributed by atoms with van der Waals surface area (Å²) in [6, 6.07) is 12.5. The summed E-state index contributed by atoms with van der Waals surface area (Å²) in [4.78, 5) is 8.14. The van der Waals surface area contributed by atoms with Crippen molar-refractivity contribution in [3.05, 3.63) is 48.2 Å². The number of anilines is 2. The Balaban J connectivity index is 1.77. The largest absolute Gasteiger partial charge is 0.433 e. The Kier molecular flexibility index (Phi) is 4.80. The number of benzene rings is 1. The molecule has 2 aromatic heterocycles. The second-order valence-electron chi connectivity index (χ2n) is 6.64. The molecule has 1 aromatic carbocycles. The van der Waals surface area contributed by atoms with E-state index in [-0.39, 0.29) is 17.7 Å². The number of nitrogen functional groups attached to an aromatic ring is 1. The van der Waals surface area contributed by atoms with E-state index in [0.717, 1.165) is 24.3 Å². The van der Waals surface area contributed by atoms with Crippen LogP contribution in [0.3, 0.4) is 0 Å². The number of hydrogen-bond acceptors (Lipinski definition) is 5. The van der Waals surface area contributed by atoms with Crippen LogP contribution in [0.25, 0.3) is 22.0 Å². The molecular formula is C20H18F3N4O. The molecular weight excluding hydrogens is 369 g/mol. The van der Waals surface area contributed by atoms with Gasteiger partial charge < -0.3 is 15.8 Å². The lowest BCUT2D eigenvalue weighted by atomic mass is 10.0. The average molecular weight is 387 g/mol. The number of nitrogens with one attached hydrogen (secondary N) is 1. The van der Waals surface area contributed by atoms with E-state index in [2.05, 4.69) is 21.4 Å². The highest BCUT2D eigenvalue weighted by Crippen LogP contribution is 2.36. The van der Waals surface area contributed by atoms with Crippen LogP contribution >= 0.6 is 0 Å². The van der Waals surface area contributed by atoms with Crippen LogP contribution in [0.4, 0.5) is 24.8 Å². The SMILES string of the molecule is Nc1nc2[c]cccc2cc1-c1ccc(C(F)(F)F)nc1NCC1CCCO1. The fourth-order valence-corrected chi connectivity index (χ4v) is 3.27. The van der Waals surface area contributed by atoms with Gasteiger partial charge in [0, 0.05) is 35.7 Å². The van der Waals surface area contributed by atoms with Crippen LogP contribution in [0, 0.1) is 6.07 Å². The smallest absolute Gasteiger partial charge is 0.383 e. The molecule has 145 valence electrons. The summed E-state index contributed by atoms with van der Waals surface area (Å²) < 4.78 is 45.1. The van der Waals surface area contributed by atoms with Gasteiger partial charge in [0.15, 0.2) is 0 Å². The summed E-state index contributed by atoms with van der Waals surface area (Å²) in [5.41, 5.74) is 6.70. The number of nitrogens with zero attached hydrogens (tertiary/aromatic N) is 2. The van der Waals surface area contributed by atoms with Gasteiger partial charge in [-0.3, -0.25) is 0 Å². The number of pyridine rings is 2. The van der Waals surface area contributed by atoms with E-state index in [1.165, 1.54) is 6.07 Å². The van der Waals surface area contributed by atoms with Crippen molar-refractivity contribution in [1.82, 2.24) is 9.97 Å². The van der Waals surface area contributed by atoms with Crippen molar-refractivity contribution in [3.8, 4) is 11.1 Å². The van der Waals surface area contributed by atoms with Crippen molar-refractivity contribution in [1.29, 1.82) is 0 Å². The molecule has 1 aliphatic rings. The number of ether oxygens (including phenoxy) is 1. The minimum Gasteiger partial charge on any atom is -0.383 e. The highest BCUT2D eigenvalue weighted by molar-refractivity contribution is 5.91. The van der Waals surface area contributed by atoms with Gasteiger partial charge in [0.25, 0.3) is 0 Å². The van der Waals surface area contributed by atoms with Crippen molar-refractivity contribution in [3.63, 3.8) is 0 Å². The molecule has 0 amide bonds. The van der Waals surface area contributed by atoms with E-state index >= 15 is 0 Å². The Morgan fingerprint density at radius 1 is 1.21 bits per heavy atom. The number of alkyl halides is 3. The number of rotatable bonds is 4. The van der Waals surface area contributed by atoms with E-state index in [1.807, 2.05) is 12.1 Å². The van der Waals surface area contributed by atoms with Crippen molar-refractivity contribution in [2.24, 2.45) is 0 Å². The highest BCUT2D eigenvalue weighted by Gasteiger charge is 2.33. The molecule has 5 nitrogen and oxygen atoms in total. The summed E-state index contributed by atoms with van der Waals surface area (Å²) in [7, 11) is 0. The third-order valence-corrected chi connectivity index (χ3v) is 4.67. The molecule has 1 unspecified atom stereocenters. The summed E-state index contributed by atoms with van der Waals surface area (Å²) >= 11 is 0. The zero-order valence-corrected chi connectivity index (χ0v) is 14.9. The van der Waals surface area contributed by atoms with Crippen molar-refractivity contribution in [2.75, 3.05) is 24.2 Å². The Hall–Kier alpha value is -2.87. The quantitative estimate of drug-likeness (QED) is 0.699. The minimum absolute atomic E-state index is 0.0501. The molecule has 0 saturated carbocycles. The summed E-state index contributed by atoms with van der Waals surface area (Å²) in [6.07, 6.45) is -2.80. The fraction of sp³-hybridized carbons (Fsp3) is 0.300. The average Bonchev–Trinajstić information content (AvgIpc) is 3.18. The van der Waals surface area contributed by atoms with E-state index < -0.39 is 11.9 Å². The van der Waals surface area contributed by atoms with Gasteiger partial charge in [0.05, 0.1) is 11.6 Å². The molecule has 28 heavy (non-hydrogen) atoms. The molecule has 4 rings (SSSR count). The lowest BCUT2D eigenvalue weighted by Crippen LogP contribution is -2.20. The highest BCUT2D eigenvalue weighted by atomic mass is 19.4. The number of fused-ring (bicyclic) bond motifs is 1. The van der Waals surface area contributed by atoms with E-state index in [1.54, 1.807) is 12.1 Å². The molecule has 0 bridgehead atoms. The standard InChI is InChI=1S/C20H18F3N4O/c21-20(22,23)17-8-7-14(19(27-17)25-11-13-5-3-9-28-13)15-10-12-4-1-2-6-16(12)26-18(15)24/h1-2,4,7-8,10,13H,3,5,9,11H2,(H2,24,26)(H,25,27). The molecule has 1 fully saturated rings. The Morgan fingerprint density at radius 2 is 2.07 bits per heavy atom. The number of hydrogen-bond donors (Lipinski definition) is 2. The van der Waals surface area contributed by atoms with Gasteiger partial charge in [-0.15, -0.1) is 0 Å². The van der Waals surface area contributed by atoms with Crippen LogP contribution in [0.2, 0.25) is 0 Å². The van der Waals surface area contributed by atoms with Gasteiger partial charge in [-0.2, -0.15) is 13.2 Å². The molecule has 1 radical (unpaired) electrons. The number of nitrogens with two attached hydrogens (primary N) is 1. The van der Waals surface area contributed by atoms with Crippen LogP contribution in [-0.2, 0) is 10.9 Å². The fourth-order valence-electron chi connectivity index (χ4n) is 3.27. The van der Waals surface area contributed by atoms with E-state index in [4.69, 9.17) is 10.5 Å². The van der Waals surface area contributed by atoms with Gasteiger partial charge >= 0.3 is 6.18 Å². The maximum atomic E-state index is 13.2. The maximum Gasteiger partial charge on any atom is 0.433 e. The molecule has 0 spiro atoms. The van der Waals surface area contributed by atoms with Crippen LogP contribution in [0.15, 0.2) is 36.4 Å². The normalized spacial score (nSPS) is 17.2. The third-order valence-electron chi connectivity index (χ3n) is 4.67. The molecule has 1 saturated heterocycles. The first-order valence-electron chi connectivity index (χ1n) is 8.93. The van der Waals surface area contributed by atoms with Crippen LogP contribution in [0.5, 0.6) is 0 Å². The third kappa shape index (κ3) is 3.73. The zero-order valence-electron chi connectivity index (χ0n) is 14.9. The van der Waals surface area contributed by atoms with E-state index in [9.17, 15) is 13.2 Å². The Bertz CT molecular complexity index is 1000. The minimum atomic E-state index is -4.54. The predicted molar refractivity (Wildman–Crippen MR) is 101 cm³/mol. The molecule has 3 N–H and O–H groups in total. The summed E-state index contributed by atoms with van der Waals surface area (Å²) in [5.74, 6) is 0.315. The second kappa shape index (κ2) is 7.27. The van der Waals surface area contributed by atoms with Gasteiger partial charge in [-0.25, -0.2) is 9.97 Å². The topological polar surface area (TPSA) is 73.1 Å². The molecule has 1 aliphatic heterocycles. The second-order valence-corrected chi connectivity index (χ2v) is 6.64. The number of halogens is 3. The van der Waals surface area contributed by atoms with Gasteiger partial charge in [-0.1, -0.05) is 18.2 Å². The first-order chi connectivity index (χ1) is 13.4. The molecule has 8 heteroatoms. The lowest BCUT2D eigenvalue weighted by Gasteiger charge is -2.17.